The number of nitrogens with one attached hydrogen (secondary N) is 2. The van der Waals surface area contributed by atoms with Gasteiger partial charge in [-0.15, -0.1) is 0 Å². The van der Waals surface area contributed by atoms with Crippen molar-refractivity contribution in [3.63, 3.8) is 0 Å². The number of aromatic nitrogens is 2. The maximum atomic E-state index is 12.2. The molecule has 4 heteroatoms. The molecule has 1 aromatic carbocycles. The first-order valence-corrected chi connectivity index (χ1v) is 6.99. The van der Waals surface area contributed by atoms with Gasteiger partial charge in [0.25, 0.3) is 5.91 Å². The van der Waals surface area contributed by atoms with Crippen LogP contribution < -0.4 is 5.32 Å². The second kappa shape index (κ2) is 5.03. The Balaban J connectivity index is 1.77. The van der Waals surface area contributed by atoms with E-state index in [-0.39, 0.29) is 5.91 Å². The zero-order valence-electron chi connectivity index (χ0n) is 11.2. The predicted octanol–water partition coefficient (Wildman–Crippen LogP) is 2.93. The molecule has 0 aliphatic heterocycles. The van der Waals surface area contributed by atoms with Crippen molar-refractivity contribution in [2.75, 3.05) is 0 Å². The second-order valence-corrected chi connectivity index (χ2v) is 5.41. The van der Waals surface area contributed by atoms with Crippen molar-refractivity contribution in [2.45, 2.75) is 45.1 Å². The minimum atomic E-state index is -0.0826. The van der Waals surface area contributed by atoms with E-state index in [1.165, 1.54) is 19.3 Å². The molecule has 0 atom stereocenters. The van der Waals surface area contributed by atoms with Crippen LogP contribution in [-0.4, -0.2) is 21.9 Å². The molecule has 0 unspecified atom stereocenters. The predicted molar refractivity (Wildman–Crippen MR) is 75.2 cm³/mol. The third kappa shape index (κ3) is 2.62. The summed E-state index contributed by atoms with van der Waals surface area (Å²) in [5.74, 6) is 0.340. The summed E-state index contributed by atoms with van der Waals surface area (Å²) >= 11 is 0. The highest BCUT2D eigenvalue weighted by molar-refractivity contribution is 5.94. The molecule has 3 rings (SSSR count). The van der Waals surface area contributed by atoms with Crippen LogP contribution in [0.3, 0.4) is 0 Å². The van der Waals surface area contributed by atoms with Gasteiger partial charge in [0.05, 0.1) is 11.0 Å². The summed E-state index contributed by atoms with van der Waals surface area (Å²) in [7, 11) is 0. The molecule has 1 amide bonds. The van der Waals surface area contributed by atoms with E-state index in [4.69, 9.17) is 0 Å². The molecule has 4 nitrogen and oxygen atoms in total. The number of hydrogen-bond donors (Lipinski definition) is 2. The third-order valence-corrected chi connectivity index (χ3v) is 3.79. The van der Waals surface area contributed by atoms with Gasteiger partial charge < -0.3 is 10.3 Å². The van der Waals surface area contributed by atoms with Gasteiger partial charge in [-0.3, -0.25) is 4.79 Å². The molecule has 1 aromatic heterocycles. The number of hydrogen-bond acceptors (Lipinski definition) is 2. The maximum absolute atomic E-state index is 12.2. The Morgan fingerprint density at radius 1 is 1.32 bits per heavy atom. The highest BCUT2D eigenvalue weighted by Gasteiger charge is 2.18. The van der Waals surface area contributed by atoms with Crippen LogP contribution in [0.15, 0.2) is 18.2 Å². The molecule has 1 saturated carbocycles. The van der Waals surface area contributed by atoms with Crippen LogP contribution in [0.1, 0.15) is 48.3 Å². The van der Waals surface area contributed by atoms with Gasteiger partial charge >= 0.3 is 0 Å². The molecule has 0 bridgehead atoms. The van der Waals surface area contributed by atoms with Crippen molar-refractivity contribution in [3.8, 4) is 0 Å². The Labute approximate surface area is 112 Å². The van der Waals surface area contributed by atoms with E-state index in [2.05, 4.69) is 15.3 Å². The molecule has 1 heterocycles. The van der Waals surface area contributed by atoms with Crippen LogP contribution in [0.25, 0.3) is 11.0 Å². The minimum absolute atomic E-state index is 0.0826. The van der Waals surface area contributed by atoms with Gasteiger partial charge in [-0.25, -0.2) is 4.98 Å². The Morgan fingerprint density at radius 3 is 2.89 bits per heavy atom. The van der Waals surface area contributed by atoms with Crippen molar-refractivity contribution in [1.82, 2.24) is 15.3 Å². The topological polar surface area (TPSA) is 57.8 Å². The quantitative estimate of drug-likeness (QED) is 0.869. The smallest absolute Gasteiger partial charge is 0.287 e. The molecule has 1 aliphatic rings. The zero-order chi connectivity index (χ0) is 13.2. The van der Waals surface area contributed by atoms with Gasteiger partial charge in [0.15, 0.2) is 5.82 Å². The Morgan fingerprint density at radius 2 is 2.11 bits per heavy atom. The van der Waals surface area contributed by atoms with E-state index in [1.807, 2.05) is 25.1 Å². The normalized spacial score (nSPS) is 16.7. The maximum Gasteiger partial charge on any atom is 0.287 e. The standard InChI is InChI=1S/C15H19N3O/c1-10-7-8-12-13(9-10)18-14(17-12)15(19)16-11-5-3-2-4-6-11/h7-9,11H,2-6H2,1H3,(H,16,19)(H,17,18). The number of imidazole rings is 1. The Kier molecular flexibility index (Phi) is 3.23. The van der Waals surface area contributed by atoms with Crippen LogP contribution in [0.5, 0.6) is 0 Å². The van der Waals surface area contributed by atoms with E-state index in [0.29, 0.717) is 11.9 Å². The summed E-state index contributed by atoms with van der Waals surface area (Å²) < 4.78 is 0. The average Bonchev–Trinajstić information content (AvgIpc) is 2.83. The molecule has 2 N–H and O–H groups in total. The summed E-state index contributed by atoms with van der Waals surface area (Å²) in [6.07, 6.45) is 5.89. The number of H-pyrrole nitrogens is 1. The zero-order valence-corrected chi connectivity index (χ0v) is 11.2. The van der Waals surface area contributed by atoms with Gasteiger partial charge in [0, 0.05) is 6.04 Å². The number of benzene rings is 1. The minimum Gasteiger partial charge on any atom is -0.347 e. The summed E-state index contributed by atoms with van der Waals surface area (Å²) in [4.78, 5) is 19.6. The van der Waals surface area contributed by atoms with Gasteiger partial charge in [-0.1, -0.05) is 25.3 Å². The fourth-order valence-electron chi connectivity index (χ4n) is 2.72. The fraction of sp³-hybridized carbons (Fsp3) is 0.467. The van der Waals surface area contributed by atoms with Gasteiger partial charge in [-0.05, 0) is 37.5 Å². The molecule has 2 aromatic rings. The highest BCUT2D eigenvalue weighted by atomic mass is 16.2. The lowest BCUT2D eigenvalue weighted by molar-refractivity contribution is 0.0918. The van der Waals surface area contributed by atoms with Gasteiger partial charge in [0.1, 0.15) is 0 Å². The van der Waals surface area contributed by atoms with E-state index in [1.54, 1.807) is 0 Å². The van der Waals surface area contributed by atoms with Crippen molar-refractivity contribution in [2.24, 2.45) is 0 Å². The number of aromatic amines is 1. The third-order valence-electron chi connectivity index (χ3n) is 3.79. The lowest BCUT2D eigenvalue weighted by Crippen LogP contribution is -2.36. The number of rotatable bonds is 2. The number of carbonyl (C=O) groups excluding carboxylic acids is 1. The summed E-state index contributed by atoms with van der Waals surface area (Å²) in [6.45, 7) is 2.02. The van der Waals surface area contributed by atoms with Gasteiger partial charge in [0.2, 0.25) is 0 Å². The SMILES string of the molecule is Cc1ccc2[nH]c(C(=O)NC3CCCCC3)nc2c1. The second-order valence-electron chi connectivity index (χ2n) is 5.41. The van der Waals surface area contributed by atoms with Crippen LogP contribution in [0.2, 0.25) is 0 Å². The molecule has 0 spiro atoms. The lowest BCUT2D eigenvalue weighted by atomic mass is 9.95. The number of carbonyl (C=O) groups is 1. The first-order valence-electron chi connectivity index (χ1n) is 6.99. The van der Waals surface area contributed by atoms with Crippen LogP contribution in [-0.2, 0) is 0 Å². The van der Waals surface area contributed by atoms with Crippen LogP contribution >= 0.6 is 0 Å². The van der Waals surface area contributed by atoms with E-state index >= 15 is 0 Å². The van der Waals surface area contributed by atoms with Crippen LogP contribution in [0.4, 0.5) is 0 Å². The van der Waals surface area contributed by atoms with Crippen molar-refractivity contribution >= 4 is 16.9 Å². The lowest BCUT2D eigenvalue weighted by Gasteiger charge is -2.22. The Bertz CT molecular complexity index is 596. The molecule has 1 fully saturated rings. The first kappa shape index (κ1) is 12.2. The molecule has 0 radical (unpaired) electrons. The number of nitrogens with zero attached hydrogens (tertiary/aromatic N) is 1. The molecule has 19 heavy (non-hydrogen) atoms. The number of fused-ring (bicyclic) bond motifs is 1. The summed E-state index contributed by atoms with van der Waals surface area (Å²) in [6, 6.07) is 6.29. The molecule has 0 saturated heterocycles. The Hall–Kier alpha value is -1.84. The molecule has 1 aliphatic carbocycles. The summed E-state index contributed by atoms with van der Waals surface area (Å²) in [5.41, 5.74) is 2.92. The van der Waals surface area contributed by atoms with Gasteiger partial charge in [-0.2, -0.15) is 0 Å². The van der Waals surface area contributed by atoms with Crippen molar-refractivity contribution in [3.05, 3.63) is 29.6 Å². The van der Waals surface area contributed by atoms with E-state index in [0.717, 1.165) is 29.4 Å². The summed E-state index contributed by atoms with van der Waals surface area (Å²) in [5, 5.41) is 3.08. The number of aryl methyl sites for hydroxylation is 1. The number of amides is 1. The molecule has 100 valence electrons. The molecular formula is C15H19N3O. The van der Waals surface area contributed by atoms with E-state index < -0.39 is 0 Å². The highest BCUT2D eigenvalue weighted by Crippen LogP contribution is 2.18. The average molecular weight is 257 g/mol. The van der Waals surface area contributed by atoms with Crippen LogP contribution in [0, 0.1) is 6.92 Å². The van der Waals surface area contributed by atoms with Crippen molar-refractivity contribution in [1.29, 1.82) is 0 Å². The van der Waals surface area contributed by atoms with Crippen molar-refractivity contribution < 1.29 is 4.79 Å². The monoisotopic (exact) mass is 257 g/mol. The van der Waals surface area contributed by atoms with E-state index in [9.17, 15) is 4.79 Å². The molecular weight excluding hydrogens is 238 g/mol. The largest absolute Gasteiger partial charge is 0.347 e. The fourth-order valence-corrected chi connectivity index (χ4v) is 2.72. The first-order chi connectivity index (χ1) is 9.22.